The van der Waals surface area contributed by atoms with E-state index in [1.165, 1.54) is 22.1 Å². The van der Waals surface area contributed by atoms with Gasteiger partial charge < -0.3 is 10.6 Å². The monoisotopic (exact) mass is 402 g/mol. The fourth-order valence-corrected chi connectivity index (χ4v) is 3.01. The molecule has 0 saturated carbocycles. The highest BCUT2D eigenvalue weighted by molar-refractivity contribution is 6.01. The predicted octanol–water partition coefficient (Wildman–Crippen LogP) is 3.52. The highest BCUT2D eigenvalue weighted by atomic mass is 16.2. The third-order valence-electron chi connectivity index (χ3n) is 4.58. The number of aryl methyl sites for hydroxylation is 2. The topological polar surface area (TPSA) is 105 Å². The Morgan fingerprint density at radius 3 is 2.47 bits per heavy atom. The molecule has 2 aromatic heterocycles. The number of likely N-dealkylation sites (N-methyl/N-ethyl adjacent to an activating group) is 1. The first-order valence-corrected chi connectivity index (χ1v) is 9.17. The van der Waals surface area contributed by atoms with Gasteiger partial charge in [-0.15, -0.1) is 0 Å². The van der Waals surface area contributed by atoms with Gasteiger partial charge in [-0.1, -0.05) is 12.6 Å². The number of hydrogen-bond acceptors (Lipinski definition) is 5. The molecule has 0 fully saturated rings. The van der Waals surface area contributed by atoms with Crippen LogP contribution >= 0.6 is 0 Å². The second-order valence-electron chi connectivity index (χ2n) is 6.70. The number of nitrogens with two attached hydrogens (primary N) is 1. The molecule has 0 radical (unpaired) electrons. The van der Waals surface area contributed by atoms with Crippen molar-refractivity contribution in [2.24, 2.45) is 5.73 Å². The van der Waals surface area contributed by atoms with Crippen LogP contribution in [-0.2, 0) is 4.79 Å². The van der Waals surface area contributed by atoms with Gasteiger partial charge in [0.2, 0.25) is 5.91 Å². The molecule has 152 valence electrons. The molecule has 0 aliphatic rings. The first-order valence-electron chi connectivity index (χ1n) is 9.17. The van der Waals surface area contributed by atoms with Crippen molar-refractivity contribution in [1.29, 1.82) is 0 Å². The Hall–Kier alpha value is -4.07. The van der Waals surface area contributed by atoms with Gasteiger partial charge in [-0.3, -0.25) is 14.8 Å². The number of benzene rings is 1. The van der Waals surface area contributed by atoms with Gasteiger partial charge in [-0.25, -0.2) is 14.7 Å². The second-order valence-corrected chi connectivity index (χ2v) is 6.70. The maximum Gasteiger partial charge on any atom is 0.325 e. The Balaban J connectivity index is 1.99. The molecule has 8 nitrogen and oxygen atoms in total. The van der Waals surface area contributed by atoms with Crippen LogP contribution in [0.1, 0.15) is 11.3 Å². The van der Waals surface area contributed by atoms with E-state index in [2.05, 4.69) is 21.5 Å². The molecule has 1 aromatic carbocycles. The van der Waals surface area contributed by atoms with Crippen LogP contribution in [0.3, 0.4) is 0 Å². The standard InChI is InChI=1S/C22H22N6O2/c1-5-21(29)27(4)19-9-7-16(10-14(19)2)18-12-24-13-20(26-18)28(22(23)30)17-8-6-15(3)25-11-17/h5-13H,1H2,2-4H3,(H2,23,30). The summed E-state index contributed by atoms with van der Waals surface area (Å²) in [5.74, 6) is 0.0859. The van der Waals surface area contributed by atoms with E-state index in [1.54, 1.807) is 31.6 Å². The van der Waals surface area contributed by atoms with Crippen molar-refractivity contribution in [3.8, 4) is 11.3 Å². The van der Waals surface area contributed by atoms with E-state index in [-0.39, 0.29) is 11.7 Å². The van der Waals surface area contributed by atoms with Crippen LogP contribution in [0.2, 0.25) is 0 Å². The number of amides is 3. The fourth-order valence-electron chi connectivity index (χ4n) is 3.01. The summed E-state index contributed by atoms with van der Waals surface area (Å²) in [6.07, 6.45) is 5.88. The van der Waals surface area contributed by atoms with Crippen LogP contribution in [0, 0.1) is 13.8 Å². The zero-order valence-electron chi connectivity index (χ0n) is 17.0. The van der Waals surface area contributed by atoms with Gasteiger partial charge in [0.15, 0.2) is 5.82 Å². The lowest BCUT2D eigenvalue weighted by molar-refractivity contribution is -0.113. The van der Waals surface area contributed by atoms with Crippen LogP contribution in [-0.4, -0.2) is 33.9 Å². The zero-order chi connectivity index (χ0) is 21.8. The molecule has 0 atom stereocenters. The summed E-state index contributed by atoms with van der Waals surface area (Å²) in [6.45, 7) is 7.27. The molecule has 2 heterocycles. The third-order valence-corrected chi connectivity index (χ3v) is 4.58. The van der Waals surface area contributed by atoms with Crippen molar-refractivity contribution in [1.82, 2.24) is 15.0 Å². The number of rotatable bonds is 5. The molecular weight excluding hydrogens is 380 g/mol. The van der Waals surface area contributed by atoms with Gasteiger partial charge >= 0.3 is 6.03 Å². The Kier molecular flexibility index (Phi) is 5.87. The van der Waals surface area contributed by atoms with E-state index in [4.69, 9.17) is 5.73 Å². The molecule has 3 amide bonds. The molecule has 3 aromatic rings. The largest absolute Gasteiger partial charge is 0.351 e. The van der Waals surface area contributed by atoms with E-state index in [9.17, 15) is 9.59 Å². The highest BCUT2D eigenvalue weighted by Gasteiger charge is 2.18. The maximum atomic E-state index is 12.1. The Bertz CT molecular complexity index is 1110. The molecule has 0 bridgehead atoms. The molecule has 0 aliphatic heterocycles. The average Bonchev–Trinajstić information content (AvgIpc) is 2.74. The van der Waals surface area contributed by atoms with Crippen LogP contribution in [0.5, 0.6) is 0 Å². The number of urea groups is 1. The van der Waals surface area contributed by atoms with E-state index in [1.807, 2.05) is 32.0 Å². The van der Waals surface area contributed by atoms with E-state index in [0.717, 1.165) is 22.5 Å². The lowest BCUT2D eigenvalue weighted by Gasteiger charge is -2.20. The van der Waals surface area contributed by atoms with Crippen molar-refractivity contribution in [3.63, 3.8) is 0 Å². The zero-order valence-corrected chi connectivity index (χ0v) is 17.0. The maximum absolute atomic E-state index is 12.1. The molecular formula is C22H22N6O2. The molecule has 8 heteroatoms. The Morgan fingerprint density at radius 2 is 1.87 bits per heavy atom. The van der Waals surface area contributed by atoms with Crippen molar-refractivity contribution in [3.05, 3.63) is 72.8 Å². The summed E-state index contributed by atoms with van der Waals surface area (Å²) in [4.78, 5) is 39.8. The van der Waals surface area contributed by atoms with E-state index >= 15 is 0 Å². The molecule has 0 spiro atoms. The van der Waals surface area contributed by atoms with Crippen molar-refractivity contribution in [2.45, 2.75) is 13.8 Å². The first kappa shape index (κ1) is 20.7. The summed E-state index contributed by atoms with van der Waals surface area (Å²) in [6, 6.07) is 8.40. The van der Waals surface area contributed by atoms with Crippen LogP contribution < -0.4 is 15.5 Å². The summed E-state index contributed by atoms with van der Waals surface area (Å²) in [7, 11) is 1.69. The molecule has 0 aliphatic carbocycles. The van der Waals surface area contributed by atoms with Crippen molar-refractivity contribution in [2.75, 3.05) is 16.8 Å². The number of aromatic nitrogens is 3. The molecule has 0 saturated heterocycles. The Labute approximate surface area is 174 Å². The summed E-state index contributed by atoms with van der Waals surface area (Å²) in [5, 5.41) is 0. The van der Waals surface area contributed by atoms with Gasteiger partial charge in [0.05, 0.1) is 30.0 Å². The lowest BCUT2D eigenvalue weighted by Crippen LogP contribution is -2.32. The predicted molar refractivity (Wildman–Crippen MR) is 117 cm³/mol. The highest BCUT2D eigenvalue weighted by Crippen LogP contribution is 2.28. The number of pyridine rings is 1. The first-order chi connectivity index (χ1) is 14.3. The minimum atomic E-state index is -0.691. The van der Waals surface area contributed by atoms with Gasteiger partial charge in [-0.2, -0.15) is 0 Å². The number of carbonyl (C=O) groups excluding carboxylic acids is 2. The molecule has 30 heavy (non-hydrogen) atoms. The van der Waals surface area contributed by atoms with Crippen molar-refractivity contribution < 1.29 is 9.59 Å². The average molecular weight is 402 g/mol. The van der Waals surface area contributed by atoms with Gasteiger partial charge in [0.25, 0.3) is 0 Å². The smallest absolute Gasteiger partial charge is 0.325 e. The van der Waals surface area contributed by atoms with Crippen molar-refractivity contribution >= 4 is 29.1 Å². The van der Waals surface area contributed by atoms with Crippen LogP contribution in [0.15, 0.2) is 61.6 Å². The number of primary amides is 1. The van der Waals surface area contributed by atoms with E-state index < -0.39 is 6.03 Å². The Morgan fingerprint density at radius 1 is 1.10 bits per heavy atom. The normalized spacial score (nSPS) is 10.4. The van der Waals surface area contributed by atoms with E-state index in [0.29, 0.717) is 11.4 Å². The SMILES string of the molecule is C=CC(=O)N(C)c1ccc(-c2cncc(N(C(N)=O)c3ccc(C)nc3)n2)cc1C. The number of anilines is 3. The van der Waals surface area contributed by atoms with Gasteiger partial charge in [0, 0.05) is 24.0 Å². The quantitative estimate of drug-likeness (QED) is 0.657. The lowest BCUT2D eigenvalue weighted by atomic mass is 10.1. The number of carbonyl (C=O) groups is 2. The third kappa shape index (κ3) is 4.17. The number of hydrogen-bond donors (Lipinski definition) is 1. The summed E-state index contributed by atoms with van der Waals surface area (Å²) in [5.41, 5.74) is 9.90. The molecule has 3 rings (SSSR count). The van der Waals surface area contributed by atoms with Gasteiger partial charge in [0.1, 0.15) is 0 Å². The van der Waals surface area contributed by atoms with Gasteiger partial charge in [-0.05, 0) is 49.8 Å². The second kappa shape index (κ2) is 8.52. The van der Waals surface area contributed by atoms with Crippen LogP contribution in [0.25, 0.3) is 11.3 Å². The molecule has 2 N–H and O–H groups in total. The molecule has 0 unspecified atom stereocenters. The fraction of sp³-hybridized carbons (Fsp3) is 0.136. The number of nitrogens with zero attached hydrogens (tertiary/aromatic N) is 5. The minimum absolute atomic E-state index is 0.198. The summed E-state index contributed by atoms with van der Waals surface area (Å²) < 4.78 is 0. The minimum Gasteiger partial charge on any atom is -0.351 e. The summed E-state index contributed by atoms with van der Waals surface area (Å²) >= 11 is 0. The van der Waals surface area contributed by atoms with Crippen LogP contribution in [0.4, 0.5) is 22.0 Å².